The Morgan fingerprint density at radius 2 is 1.74 bits per heavy atom. The molecule has 31 heavy (non-hydrogen) atoms. The molecule has 4 nitrogen and oxygen atoms in total. The minimum absolute atomic E-state index is 0.108. The molecule has 2 atom stereocenters. The molecule has 0 aliphatic carbocycles. The van der Waals surface area contributed by atoms with E-state index in [1.165, 1.54) is 11.6 Å². The average molecular weight is 419 g/mol. The van der Waals surface area contributed by atoms with Crippen molar-refractivity contribution in [2.45, 2.75) is 38.9 Å². The monoisotopic (exact) mass is 418 g/mol. The number of rotatable bonds is 6. The van der Waals surface area contributed by atoms with Gasteiger partial charge < -0.3 is 9.84 Å². The zero-order chi connectivity index (χ0) is 21.8. The summed E-state index contributed by atoms with van der Waals surface area (Å²) in [6.07, 6.45) is 0.975. The Morgan fingerprint density at radius 3 is 2.45 bits per heavy atom. The highest BCUT2D eigenvalue weighted by atomic mass is 19.1. The second-order valence-corrected chi connectivity index (χ2v) is 7.60. The highest BCUT2D eigenvalue weighted by Gasteiger charge is 2.29. The lowest BCUT2D eigenvalue weighted by Gasteiger charge is -2.31. The number of halogens is 1. The van der Waals surface area contributed by atoms with Crippen molar-refractivity contribution in [2.24, 2.45) is 4.99 Å². The van der Waals surface area contributed by atoms with Crippen LogP contribution >= 0.6 is 0 Å². The molecule has 160 valence electrons. The third kappa shape index (κ3) is 4.47. The van der Waals surface area contributed by atoms with Gasteiger partial charge in [0, 0.05) is 29.3 Å². The van der Waals surface area contributed by atoms with Crippen molar-refractivity contribution in [3.8, 4) is 11.5 Å². The van der Waals surface area contributed by atoms with Crippen LogP contribution < -0.4 is 10.1 Å². The number of para-hydroxylation sites is 1. The Bertz CT molecular complexity index is 1080. The predicted molar refractivity (Wildman–Crippen MR) is 121 cm³/mol. The summed E-state index contributed by atoms with van der Waals surface area (Å²) in [4.78, 5) is 4.86. The van der Waals surface area contributed by atoms with Crippen LogP contribution in [-0.2, 0) is 6.42 Å². The zero-order valence-corrected chi connectivity index (χ0v) is 17.8. The number of nitrogens with zero attached hydrogens (tertiary/aromatic N) is 1. The summed E-state index contributed by atoms with van der Waals surface area (Å²) in [6.45, 7) is 4.46. The summed E-state index contributed by atoms with van der Waals surface area (Å²) in [6, 6.07) is 20.2. The van der Waals surface area contributed by atoms with Crippen molar-refractivity contribution in [1.29, 1.82) is 0 Å². The summed E-state index contributed by atoms with van der Waals surface area (Å²) in [5.74, 6) is 0.245. The van der Waals surface area contributed by atoms with Crippen molar-refractivity contribution in [3.05, 3.63) is 94.8 Å². The maximum Gasteiger partial charge on any atom is 0.162 e. The molecule has 0 spiro atoms. The van der Waals surface area contributed by atoms with Gasteiger partial charge in [-0.3, -0.25) is 10.3 Å². The molecule has 3 aromatic rings. The molecule has 1 heterocycles. The normalized spacial score (nSPS) is 18.5. The van der Waals surface area contributed by atoms with Gasteiger partial charge in [-0.05, 0) is 36.6 Å². The summed E-state index contributed by atoms with van der Waals surface area (Å²) in [7, 11) is 0. The van der Waals surface area contributed by atoms with Crippen LogP contribution in [0.1, 0.15) is 54.7 Å². The SMILES string of the molecule is CCOc1cccc([C@H]2CC(c3ccc(CC)cc3)=N[C@H](c3ccccc3F)N2)c1O. The van der Waals surface area contributed by atoms with E-state index in [1.807, 2.05) is 25.1 Å². The number of phenolic OH excluding ortho intramolecular Hbond substituents is 1. The largest absolute Gasteiger partial charge is 0.504 e. The molecule has 0 radical (unpaired) electrons. The number of benzene rings is 3. The number of aromatic hydroxyl groups is 1. The van der Waals surface area contributed by atoms with Crippen LogP contribution in [0.3, 0.4) is 0 Å². The van der Waals surface area contributed by atoms with E-state index in [9.17, 15) is 9.50 Å². The first-order valence-electron chi connectivity index (χ1n) is 10.7. The van der Waals surface area contributed by atoms with Gasteiger partial charge in [-0.1, -0.05) is 61.5 Å². The second kappa shape index (κ2) is 9.31. The third-order valence-corrected chi connectivity index (χ3v) is 5.64. The van der Waals surface area contributed by atoms with E-state index in [0.717, 1.165) is 17.7 Å². The van der Waals surface area contributed by atoms with Gasteiger partial charge in [0.1, 0.15) is 12.0 Å². The van der Waals surface area contributed by atoms with Gasteiger partial charge in [0.05, 0.1) is 6.61 Å². The van der Waals surface area contributed by atoms with E-state index < -0.39 is 6.17 Å². The van der Waals surface area contributed by atoms with E-state index in [0.29, 0.717) is 29.9 Å². The summed E-state index contributed by atoms with van der Waals surface area (Å²) in [5, 5.41) is 14.2. The maximum atomic E-state index is 14.6. The fraction of sp³-hybridized carbons (Fsp3) is 0.269. The predicted octanol–water partition coefficient (Wildman–Crippen LogP) is 5.71. The van der Waals surface area contributed by atoms with Crippen molar-refractivity contribution in [3.63, 3.8) is 0 Å². The quantitative estimate of drug-likeness (QED) is 0.539. The van der Waals surface area contributed by atoms with Gasteiger partial charge in [-0.25, -0.2) is 4.39 Å². The molecule has 0 amide bonds. The number of hydrogen-bond donors (Lipinski definition) is 2. The molecule has 5 heteroatoms. The first-order valence-corrected chi connectivity index (χ1v) is 10.7. The number of aryl methyl sites for hydroxylation is 1. The fourth-order valence-electron chi connectivity index (χ4n) is 3.96. The van der Waals surface area contributed by atoms with E-state index in [2.05, 4.69) is 36.5 Å². The van der Waals surface area contributed by atoms with Gasteiger partial charge >= 0.3 is 0 Å². The summed E-state index contributed by atoms with van der Waals surface area (Å²) < 4.78 is 20.2. The molecule has 0 fully saturated rings. The lowest BCUT2D eigenvalue weighted by atomic mass is 9.92. The Morgan fingerprint density at radius 1 is 1.00 bits per heavy atom. The average Bonchev–Trinajstić information content (AvgIpc) is 2.80. The number of phenols is 1. The van der Waals surface area contributed by atoms with Gasteiger partial charge in [0.15, 0.2) is 11.5 Å². The molecule has 1 aliphatic heterocycles. The number of ether oxygens (including phenoxy) is 1. The van der Waals surface area contributed by atoms with Gasteiger partial charge in [0.2, 0.25) is 0 Å². The Kier molecular flexibility index (Phi) is 6.33. The van der Waals surface area contributed by atoms with Gasteiger partial charge in [-0.2, -0.15) is 0 Å². The van der Waals surface area contributed by atoms with Crippen LogP contribution in [0.4, 0.5) is 4.39 Å². The molecule has 0 saturated heterocycles. The van der Waals surface area contributed by atoms with E-state index in [4.69, 9.17) is 9.73 Å². The molecule has 0 bridgehead atoms. The first-order chi connectivity index (χ1) is 15.1. The van der Waals surface area contributed by atoms with Crippen LogP contribution in [-0.4, -0.2) is 17.4 Å². The van der Waals surface area contributed by atoms with E-state index >= 15 is 0 Å². The number of nitrogens with one attached hydrogen (secondary N) is 1. The molecule has 2 N–H and O–H groups in total. The molecular weight excluding hydrogens is 391 g/mol. The van der Waals surface area contributed by atoms with E-state index in [1.54, 1.807) is 18.2 Å². The minimum atomic E-state index is -0.559. The van der Waals surface area contributed by atoms with Crippen molar-refractivity contribution >= 4 is 5.71 Å². The smallest absolute Gasteiger partial charge is 0.162 e. The first kappa shape index (κ1) is 21.1. The summed E-state index contributed by atoms with van der Waals surface area (Å²) >= 11 is 0. The molecule has 0 unspecified atom stereocenters. The van der Waals surface area contributed by atoms with Gasteiger partial charge in [0.25, 0.3) is 0 Å². The maximum absolute atomic E-state index is 14.6. The zero-order valence-electron chi connectivity index (χ0n) is 17.8. The molecule has 3 aromatic carbocycles. The summed E-state index contributed by atoms with van der Waals surface area (Å²) in [5.41, 5.74) is 4.33. The molecular formula is C26H27FN2O2. The van der Waals surface area contributed by atoms with Crippen LogP contribution in [0, 0.1) is 5.82 Å². The Hall–Kier alpha value is -3.18. The Labute approximate surface area is 182 Å². The van der Waals surface area contributed by atoms with Crippen LogP contribution in [0.15, 0.2) is 71.7 Å². The molecule has 0 saturated carbocycles. The number of aliphatic imine (C=N–C) groups is 1. The van der Waals surface area contributed by atoms with Crippen LogP contribution in [0.2, 0.25) is 0 Å². The van der Waals surface area contributed by atoms with Crippen LogP contribution in [0.5, 0.6) is 11.5 Å². The van der Waals surface area contributed by atoms with E-state index in [-0.39, 0.29) is 17.6 Å². The van der Waals surface area contributed by atoms with Crippen LogP contribution in [0.25, 0.3) is 0 Å². The van der Waals surface area contributed by atoms with Gasteiger partial charge in [-0.15, -0.1) is 0 Å². The highest BCUT2D eigenvalue weighted by Crippen LogP contribution is 2.39. The van der Waals surface area contributed by atoms with Crippen molar-refractivity contribution < 1.29 is 14.2 Å². The lowest BCUT2D eigenvalue weighted by molar-refractivity contribution is 0.313. The molecule has 0 aromatic heterocycles. The van der Waals surface area contributed by atoms with Crippen molar-refractivity contribution in [2.75, 3.05) is 6.61 Å². The third-order valence-electron chi connectivity index (χ3n) is 5.64. The topological polar surface area (TPSA) is 53.8 Å². The fourth-order valence-corrected chi connectivity index (χ4v) is 3.96. The molecule has 1 aliphatic rings. The van der Waals surface area contributed by atoms with Crippen molar-refractivity contribution in [1.82, 2.24) is 5.32 Å². The second-order valence-electron chi connectivity index (χ2n) is 7.60. The molecule has 4 rings (SSSR count). The standard InChI is InChI=1S/C26H27FN2O2/c1-3-17-12-14-18(15-13-17)22-16-23(20-9-7-11-24(25(20)30)31-4-2)29-26(28-22)19-8-5-6-10-21(19)27/h5-15,23,26,29-30H,3-4,16H2,1-2H3/t23-,26+/m1/s1. The Balaban J connectivity index is 1.76. The lowest BCUT2D eigenvalue weighted by Crippen LogP contribution is -2.33. The number of hydrogen-bond acceptors (Lipinski definition) is 4. The highest BCUT2D eigenvalue weighted by molar-refractivity contribution is 6.01. The minimum Gasteiger partial charge on any atom is -0.504 e.